The molecule has 2 rings (SSSR count). The lowest BCUT2D eigenvalue weighted by Crippen LogP contribution is -1.85. The Balaban J connectivity index is 2.25. The Morgan fingerprint density at radius 3 is 2.07 bits per heavy atom. The Morgan fingerprint density at radius 2 is 1.47 bits per heavy atom. The normalized spacial score (nSPS) is 10.0. The molecule has 76 valence electrons. The zero-order valence-electron chi connectivity index (χ0n) is 7.65. The van der Waals surface area contributed by atoms with E-state index in [1.165, 1.54) is 0 Å². The smallest absolute Gasteiger partial charge is 0.132 e. The fourth-order valence-electron chi connectivity index (χ4n) is 1.13. The van der Waals surface area contributed by atoms with Gasteiger partial charge in [0.2, 0.25) is 0 Å². The first-order valence-corrected chi connectivity index (χ1v) is 5.88. The highest BCUT2D eigenvalue weighted by Gasteiger charge is 2.00. The van der Waals surface area contributed by atoms with Crippen LogP contribution in [-0.4, -0.2) is 4.98 Å². The second-order valence-corrected chi connectivity index (χ2v) is 4.49. The SMILES string of the molecule is Brc1cc(Oc2ccccc2)cc(Br)n1. The molecule has 2 nitrogen and oxygen atoms in total. The molecule has 0 saturated carbocycles. The predicted octanol–water partition coefficient (Wildman–Crippen LogP) is 4.40. The van der Waals surface area contributed by atoms with Gasteiger partial charge in [-0.3, -0.25) is 0 Å². The van der Waals surface area contributed by atoms with E-state index in [1.807, 2.05) is 42.5 Å². The second-order valence-electron chi connectivity index (χ2n) is 2.86. The van der Waals surface area contributed by atoms with Crippen LogP contribution < -0.4 is 4.74 Å². The van der Waals surface area contributed by atoms with Crippen LogP contribution in [0.3, 0.4) is 0 Å². The molecule has 0 bridgehead atoms. The number of nitrogens with zero attached hydrogens (tertiary/aromatic N) is 1. The average molecular weight is 329 g/mol. The first kappa shape index (κ1) is 10.6. The third kappa shape index (κ3) is 3.04. The van der Waals surface area contributed by atoms with Gasteiger partial charge in [-0.1, -0.05) is 18.2 Å². The number of benzene rings is 1. The highest BCUT2D eigenvalue weighted by atomic mass is 79.9. The summed E-state index contributed by atoms with van der Waals surface area (Å²) < 4.78 is 7.12. The average Bonchev–Trinajstić information content (AvgIpc) is 2.17. The van der Waals surface area contributed by atoms with Gasteiger partial charge >= 0.3 is 0 Å². The predicted molar refractivity (Wildman–Crippen MR) is 66.2 cm³/mol. The van der Waals surface area contributed by atoms with Crippen LogP contribution in [0.15, 0.2) is 51.7 Å². The van der Waals surface area contributed by atoms with Crippen LogP contribution in [0, 0.1) is 0 Å². The maximum Gasteiger partial charge on any atom is 0.132 e. The van der Waals surface area contributed by atoms with Crippen LogP contribution in [0.1, 0.15) is 0 Å². The highest BCUT2D eigenvalue weighted by Crippen LogP contribution is 2.26. The van der Waals surface area contributed by atoms with Gasteiger partial charge < -0.3 is 4.74 Å². The van der Waals surface area contributed by atoms with E-state index in [4.69, 9.17) is 4.74 Å². The molecule has 0 unspecified atom stereocenters. The first-order valence-electron chi connectivity index (χ1n) is 4.30. The number of para-hydroxylation sites is 1. The number of hydrogen-bond acceptors (Lipinski definition) is 2. The summed E-state index contributed by atoms with van der Waals surface area (Å²) in [5.41, 5.74) is 0. The largest absolute Gasteiger partial charge is 0.457 e. The summed E-state index contributed by atoms with van der Waals surface area (Å²) in [4.78, 5) is 4.13. The first-order chi connectivity index (χ1) is 7.24. The summed E-state index contributed by atoms with van der Waals surface area (Å²) in [6.45, 7) is 0. The van der Waals surface area contributed by atoms with Crippen molar-refractivity contribution in [3.8, 4) is 11.5 Å². The van der Waals surface area contributed by atoms with E-state index in [-0.39, 0.29) is 0 Å². The van der Waals surface area contributed by atoms with Crippen LogP contribution >= 0.6 is 31.9 Å². The molecule has 0 aliphatic rings. The summed E-state index contributed by atoms with van der Waals surface area (Å²) >= 11 is 6.61. The summed E-state index contributed by atoms with van der Waals surface area (Å²) in [5.74, 6) is 1.55. The minimum absolute atomic E-state index is 0.739. The van der Waals surface area contributed by atoms with Crippen LogP contribution in [0.5, 0.6) is 11.5 Å². The molecule has 0 amide bonds. The topological polar surface area (TPSA) is 22.1 Å². The molecule has 0 atom stereocenters. The van der Waals surface area contributed by atoms with E-state index in [9.17, 15) is 0 Å². The Labute approximate surface area is 105 Å². The minimum Gasteiger partial charge on any atom is -0.457 e. The van der Waals surface area contributed by atoms with Gasteiger partial charge in [0, 0.05) is 12.1 Å². The summed E-state index contributed by atoms with van der Waals surface area (Å²) in [5, 5.41) is 0. The molecule has 0 N–H and O–H groups in total. The van der Waals surface area contributed by atoms with Gasteiger partial charge in [-0.25, -0.2) is 4.98 Å². The number of pyridine rings is 1. The Morgan fingerprint density at radius 1 is 0.867 bits per heavy atom. The summed E-state index contributed by atoms with van der Waals surface area (Å²) in [6.07, 6.45) is 0. The van der Waals surface area contributed by atoms with Crippen molar-refractivity contribution in [1.82, 2.24) is 4.98 Å². The lowest BCUT2D eigenvalue weighted by Gasteiger charge is -2.05. The van der Waals surface area contributed by atoms with Crippen LogP contribution in [0.2, 0.25) is 0 Å². The van der Waals surface area contributed by atoms with E-state index in [0.717, 1.165) is 20.7 Å². The van der Waals surface area contributed by atoms with E-state index in [2.05, 4.69) is 36.8 Å². The molecule has 15 heavy (non-hydrogen) atoms. The Hall–Kier alpha value is -0.870. The maximum absolute atomic E-state index is 5.64. The fourth-order valence-corrected chi connectivity index (χ4v) is 2.20. The van der Waals surface area contributed by atoms with E-state index in [1.54, 1.807) is 0 Å². The molecule has 0 aliphatic carbocycles. The van der Waals surface area contributed by atoms with Crippen molar-refractivity contribution < 1.29 is 4.74 Å². The Bertz CT molecular complexity index is 439. The van der Waals surface area contributed by atoms with Crippen molar-refractivity contribution in [3.63, 3.8) is 0 Å². The fraction of sp³-hybridized carbons (Fsp3) is 0. The van der Waals surface area contributed by atoms with Crippen LogP contribution in [0.25, 0.3) is 0 Å². The van der Waals surface area contributed by atoms with Gasteiger partial charge in [-0.15, -0.1) is 0 Å². The minimum atomic E-state index is 0.739. The van der Waals surface area contributed by atoms with Crippen LogP contribution in [0.4, 0.5) is 0 Å². The number of aromatic nitrogens is 1. The Kier molecular flexibility index (Phi) is 3.38. The second kappa shape index (κ2) is 4.77. The van der Waals surface area contributed by atoms with E-state index >= 15 is 0 Å². The maximum atomic E-state index is 5.64. The van der Waals surface area contributed by atoms with Crippen LogP contribution in [-0.2, 0) is 0 Å². The van der Waals surface area contributed by atoms with Crippen molar-refractivity contribution in [2.75, 3.05) is 0 Å². The quantitative estimate of drug-likeness (QED) is 0.762. The molecule has 1 aromatic heterocycles. The molecule has 0 aliphatic heterocycles. The van der Waals surface area contributed by atoms with Crippen molar-refractivity contribution >= 4 is 31.9 Å². The van der Waals surface area contributed by atoms with Gasteiger partial charge in [-0.05, 0) is 44.0 Å². The number of halogens is 2. The number of hydrogen-bond donors (Lipinski definition) is 0. The molecule has 0 fully saturated rings. The van der Waals surface area contributed by atoms with Crippen molar-refractivity contribution in [3.05, 3.63) is 51.7 Å². The summed E-state index contributed by atoms with van der Waals surface area (Å²) in [7, 11) is 0. The third-order valence-electron chi connectivity index (χ3n) is 1.72. The lowest BCUT2D eigenvalue weighted by atomic mass is 10.3. The van der Waals surface area contributed by atoms with Gasteiger partial charge in [0.05, 0.1) is 0 Å². The van der Waals surface area contributed by atoms with Gasteiger partial charge in [0.25, 0.3) is 0 Å². The highest BCUT2D eigenvalue weighted by molar-refractivity contribution is 9.11. The van der Waals surface area contributed by atoms with Crippen molar-refractivity contribution in [2.24, 2.45) is 0 Å². The molecule has 1 aromatic carbocycles. The molecule has 0 spiro atoms. The molecular formula is C11H7Br2NO. The lowest BCUT2D eigenvalue weighted by molar-refractivity contribution is 0.481. The molecule has 0 saturated heterocycles. The number of rotatable bonds is 2. The summed E-state index contributed by atoms with van der Waals surface area (Å²) in [6, 6.07) is 13.3. The molecular weight excluding hydrogens is 322 g/mol. The molecule has 2 aromatic rings. The zero-order valence-corrected chi connectivity index (χ0v) is 10.8. The number of ether oxygens (including phenoxy) is 1. The van der Waals surface area contributed by atoms with Crippen molar-refractivity contribution in [1.29, 1.82) is 0 Å². The third-order valence-corrected chi connectivity index (χ3v) is 2.53. The van der Waals surface area contributed by atoms with Gasteiger partial charge in [0.15, 0.2) is 0 Å². The standard InChI is InChI=1S/C11H7Br2NO/c12-10-6-9(7-11(13)14-10)15-8-4-2-1-3-5-8/h1-7H. The molecule has 1 heterocycles. The van der Waals surface area contributed by atoms with E-state index < -0.39 is 0 Å². The van der Waals surface area contributed by atoms with Gasteiger partial charge in [-0.2, -0.15) is 0 Å². The molecule has 0 radical (unpaired) electrons. The zero-order chi connectivity index (χ0) is 10.7. The monoisotopic (exact) mass is 327 g/mol. The van der Waals surface area contributed by atoms with E-state index in [0.29, 0.717) is 0 Å². The van der Waals surface area contributed by atoms with Crippen molar-refractivity contribution in [2.45, 2.75) is 0 Å². The molecule has 4 heteroatoms. The van der Waals surface area contributed by atoms with Gasteiger partial charge in [0.1, 0.15) is 20.7 Å².